The maximum atomic E-state index is 13.1. The summed E-state index contributed by atoms with van der Waals surface area (Å²) in [5.41, 5.74) is 2.52. The van der Waals surface area contributed by atoms with Gasteiger partial charge in [-0.1, -0.05) is 18.2 Å². The molecule has 4 rings (SSSR count). The number of hydrogen-bond acceptors (Lipinski definition) is 3. The Morgan fingerprint density at radius 1 is 1.14 bits per heavy atom. The van der Waals surface area contributed by atoms with Crippen LogP contribution in [0, 0.1) is 5.82 Å². The predicted molar refractivity (Wildman–Crippen MR) is 79.1 cm³/mol. The van der Waals surface area contributed by atoms with E-state index < -0.39 is 0 Å². The molecule has 2 heterocycles. The summed E-state index contributed by atoms with van der Waals surface area (Å²) >= 11 is 0. The highest BCUT2D eigenvalue weighted by Crippen LogP contribution is 2.36. The van der Waals surface area contributed by atoms with Crippen molar-refractivity contribution < 1.29 is 4.39 Å². The monoisotopic (exact) mass is 281 g/mol. The smallest absolute Gasteiger partial charge is 0.272 e. The number of benzene rings is 2. The van der Waals surface area contributed by atoms with Gasteiger partial charge >= 0.3 is 0 Å². The highest BCUT2D eigenvalue weighted by Gasteiger charge is 2.25. The lowest BCUT2D eigenvalue weighted by Crippen LogP contribution is -2.24. The molecule has 0 fully saturated rings. The first-order chi connectivity index (χ1) is 10.2. The first-order valence-electron chi connectivity index (χ1n) is 6.74. The molecule has 1 unspecified atom stereocenters. The van der Waals surface area contributed by atoms with E-state index in [0.29, 0.717) is 11.9 Å². The van der Waals surface area contributed by atoms with Crippen LogP contribution in [0.25, 0.3) is 10.8 Å². The van der Waals surface area contributed by atoms with Crippen molar-refractivity contribution in [2.75, 3.05) is 11.9 Å². The van der Waals surface area contributed by atoms with Gasteiger partial charge in [0.15, 0.2) is 0 Å². The van der Waals surface area contributed by atoms with Gasteiger partial charge in [-0.2, -0.15) is 5.10 Å². The van der Waals surface area contributed by atoms with Gasteiger partial charge in [0.2, 0.25) is 0 Å². The van der Waals surface area contributed by atoms with Gasteiger partial charge in [-0.25, -0.2) is 9.49 Å². The Hall–Kier alpha value is -2.69. The number of rotatable bonds is 1. The van der Waals surface area contributed by atoms with Gasteiger partial charge in [0.1, 0.15) is 5.82 Å². The van der Waals surface area contributed by atoms with Crippen molar-refractivity contribution in [1.29, 1.82) is 0 Å². The van der Waals surface area contributed by atoms with E-state index in [1.54, 1.807) is 18.2 Å². The fraction of sp³-hybridized carbons (Fsp3) is 0.125. The first-order valence-corrected chi connectivity index (χ1v) is 6.74. The summed E-state index contributed by atoms with van der Waals surface area (Å²) < 4.78 is 13.1. The van der Waals surface area contributed by atoms with Crippen molar-refractivity contribution in [2.24, 2.45) is 0 Å². The molecule has 3 aromatic rings. The molecule has 21 heavy (non-hydrogen) atoms. The summed E-state index contributed by atoms with van der Waals surface area (Å²) in [4.78, 5) is 11.9. The van der Waals surface area contributed by atoms with Crippen LogP contribution in [0.5, 0.6) is 0 Å². The molecule has 2 aromatic carbocycles. The van der Waals surface area contributed by atoms with E-state index in [1.807, 2.05) is 12.1 Å². The summed E-state index contributed by atoms with van der Waals surface area (Å²) in [7, 11) is 0. The lowest BCUT2D eigenvalue weighted by Gasteiger charge is -2.25. The van der Waals surface area contributed by atoms with Crippen molar-refractivity contribution in [1.82, 2.24) is 10.2 Å². The van der Waals surface area contributed by atoms with Crippen LogP contribution in [-0.2, 0) is 0 Å². The molecule has 104 valence electrons. The van der Waals surface area contributed by atoms with Gasteiger partial charge in [0.25, 0.3) is 5.56 Å². The molecular weight excluding hydrogens is 269 g/mol. The molecule has 1 aliphatic heterocycles. The van der Waals surface area contributed by atoms with E-state index >= 15 is 0 Å². The molecule has 0 saturated heterocycles. The average Bonchev–Trinajstić information content (AvgIpc) is 2.52. The number of H-pyrrole nitrogens is 1. The average molecular weight is 281 g/mol. The topological polar surface area (TPSA) is 57.8 Å². The van der Waals surface area contributed by atoms with Gasteiger partial charge in [-0.05, 0) is 29.8 Å². The Morgan fingerprint density at radius 2 is 1.95 bits per heavy atom. The summed E-state index contributed by atoms with van der Waals surface area (Å²) in [5, 5.41) is 11.6. The van der Waals surface area contributed by atoms with Crippen LogP contribution in [-0.4, -0.2) is 16.7 Å². The van der Waals surface area contributed by atoms with E-state index in [4.69, 9.17) is 0 Å². The molecular formula is C16H12FN3O. The third-order valence-electron chi connectivity index (χ3n) is 3.94. The number of anilines is 1. The minimum atomic E-state index is -0.262. The largest absolute Gasteiger partial charge is 0.383 e. The summed E-state index contributed by atoms with van der Waals surface area (Å²) in [6, 6.07) is 12.0. The number of hydrogen-bond donors (Lipinski definition) is 2. The molecule has 0 radical (unpaired) electrons. The zero-order valence-electron chi connectivity index (χ0n) is 11.1. The Bertz CT molecular complexity index is 886. The van der Waals surface area contributed by atoms with E-state index in [0.717, 1.165) is 22.3 Å². The van der Waals surface area contributed by atoms with Gasteiger partial charge in [-0.3, -0.25) is 4.79 Å². The van der Waals surface area contributed by atoms with Gasteiger partial charge < -0.3 is 5.32 Å². The summed E-state index contributed by atoms with van der Waals surface area (Å²) in [6.45, 7) is 0.663. The Labute approximate surface area is 119 Å². The van der Waals surface area contributed by atoms with Crippen molar-refractivity contribution in [3.05, 3.63) is 69.9 Å². The van der Waals surface area contributed by atoms with Crippen molar-refractivity contribution in [3.63, 3.8) is 0 Å². The summed E-state index contributed by atoms with van der Waals surface area (Å²) in [6.07, 6.45) is 0. The van der Waals surface area contributed by atoms with E-state index in [-0.39, 0.29) is 17.3 Å². The zero-order valence-corrected chi connectivity index (χ0v) is 11.1. The number of aromatic nitrogens is 2. The number of halogens is 1. The first kappa shape index (κ1) is 12.1. The van der Waals surface area contributed by atoms with Crippen LogP contribution in [0.1, 0.15) is 17.2 Å². The molecule has 0 bridgehead atoms. The Balaban J connectivity index is 1.97. The van der Waals surface area contributed by atoms with E-state index in [9.17, 15) is 9.18 Å². The van der Waals surface area contributed by atoms with Crippen LogP contribution in [0.3, 0.4) is 0 Å². The molecule has 1 aromatic heterocycles. The molecule has 4 nitrogen and oxygen atoms in total. The van der Waals surface area contributed by atoms with Crippen LogP contribution in [0.4, 0.5) is 10.1 Å². The third-order valence-corrected chi connectivity index (χ3v) is 3.94. The van der Waals surface area contributed by atoms with Crippen LogP contribution in [0.2, 0.25) is 0 Å². The van der Waals surface area contributed by atoms with Crippen LogP contribution in [0.15, 0.2) is 47.3 Å². The Kier molecular flexibility index (Phi) is 2.54. The molecule has 2 N–H and O–H groups in total. The zero-order chi connectivity index (χ0) is 14.4. The fourth-order valence-corrected chi connectivity index (χ4v) is 2.92. The highest BCUT2D eigenvalue weighted by molar-refractivity contribution is 5.96. The van der Waals surface area contributed by atoms with Crippen molar-refractivity contribution in [3.8, 4) is 0 Å². The van der Waals surface area contributed by atoms with Crippen molar-refractivity contribution in [2.45, 2.75) is 5.92 Å². The minimum absolute atomic E-state index is 0.0140. The maximum Gasteiger partial charge on any atom is 0.272 e. The van der Waals surface area contributed by atoms with Gasteiger partial charge in [-0.15, -0.1) is 0 Å². The van der Waals surface area contributed by atoms with Crippen LogP contribution < -0.4 is 10.9 Å². The fourth-order valence-electron chi connectivity index (χ4n) is 2.92. The second kappa shape index (κ2) is 4.41. The van der Waals surface area contributed by atoms with Gasteiger partial charge in [0.05, 0.1) is 11.1 Å². The second-order valence-corrected chi connectivity index (χ2v) is 5.15. The maximum absolute atomic E-state index is 13.1. The number of nitrogens with zero attached hydrogens (tertiary/aromatic N) is 1. The van der Waals surface area contributed by atoms with Gasteiger partial charge in [0, 0.05) is 23.5 Å². The lowest BCUT2D eigenvalue weighted by atomic mass is 9.89. The second-order valence-electron chi connectivity index (χ2n) is 5.15. The van der Waals surface area contributed by atoms with E-state index in [2.05, 4.69) is 15.5 Å². The molecule has 5 heteroatoms. The Morgan fingerprint density at radius 3 is 2.76 bits per heavy atom. The van der Waals surface area contributed by atoms with E-state index in [1.165, 1.54) is 12.1 Å². The molecule has 1 aliphatic rings. The van der Waals surface area contributed by atoms with Crippen LogP contribution >= 0.6 is 0 Å². The molecule has 0 amide bonds. The lowest BCUT2D eigenvalue weighted by molar-refractivity contribution is 0.626. The molecule has 0 aliphatic carbocycles. The van der Waals surface area contributed by atoms with Crippen molar-refractivity contribution >= 4 is 16.5 Å². The molecule has 0 spiro atoms. The quantitative estimate of drug-likeness (QED) is 0.721. The number of nitrogens with one attached hydrogen (secondary N) is 2. The normalized spacial score (nSPS) is 16.7. The molecule has 0 saturated carbocycles. The number of aromatic amines is 1. The summed E-state index contributed by atoms with van der Waals surface area (Å²) in [5.74, 6) is -0.276. The third kappa shape index (κ3) is 1.81. The highest BCUT2D eigenvalue weighted by atomic mass is 19.1. The SMILES string of the molecule is O=c1[nH]nc2c3c(cccc13)NCC2c1ccc(F)cc1. The predicted octanol–water partition coefficient (Wildman–Crippen LogP) is 2.62. The minimum Gasteiger partial charge on any atom is -0.383 e. The molecule has 1 atom stereocenters. The standard InChI is InChI=1S/C16H12FN3O/c17-10-6-4-9(5-7-10)12-8-18-13-3-1-2-11-14(13)15(12)19-20-16(11)21/h1-7,12,18H,8H2,(H,20,21).